The van der Waals surface area contributed by atoms with Crippen LogP contribution in [0.15, 0.2) is 18.7 Å². The Bertz CT molecular complexity index is 304. The third-order valence-electron chi connectivity index (χ3n) is 1.44. The van der Waals surface area contributed by atoms with E-state index in [1.54, 1.807) is 18.2 Å². The van der Waals surface area contributed by atoms with E-state index in [0.29, 0.717) is 5.56 Å². The molecule has 0 aromatic heterocycles. The van der Waals surface area contributed by atoms with E-state index in [0.717, 1.165) is 5.56 Å². The van der Waals surface area contributed by atoms with Crippen molar-refractivity contribution in [2.45, 2.75) is 0 Å². The fourth-order valence-electron chi connectivity index (χ4n) is 0.805. The maximum atomic E-state index is 11.1. The Balaban J connectivity index is 3.01. The molecule has 60 valence electrons. The van der Waals surface area contributed by atoms with Crippen LogP contribution in [0.4, 0.5) is 0 Å². The normalized spacial score (nSPS) is 8.75. The Kier molecular flexibility index (Phi) is 2.95. The predicted octanol–water partition coefficient (Wildman–Crippen LogP) is 2.04. The molecule has 0 bridgehead atoms. The summed E-state index contributed by atoms with van der Waals surface area (Å²) in [5, 5.41) is 0. The van der Waals surface area contributed by atoms with Crippen LogP contribution in [-0.2, 0) is 0 Å². The first-order chi connectivity index (χ1) is 5.77. The van der Waals surface area contributed by atoms with Crippen LogP contribution in [0.3, 0.4) is 0 Å². The monoisotopic (exact) mass is 176 g/mol. The summed E-state index contributed by atoms with van der Waals surface area (Å²) in [4.78, 5) is 11.1. The van der Waals surface area contributed by atoms with Crippen molar-refractivity contribution in [1.29, 1.82) is 0 Å². The molecule has 0 N–H and O–H groups in total. The summed E-state index contributed by atoms with van der Waals surface area (Å²) < 4.78 is 0. The highest BCUT2D eigenvalue weighted by atomic mass is 32.1. The number of rotatable bonds is 3. The first-order valence-electron chi connectivity index (χ1n) is 3.48. The zero-order valence-electron chi connectivity index (χ0n) is 6.50. The number of hydrogen-bond donors (Lipinski definition) is 1. The van der Waals surface area contributed by atoms with Gasteiger partial charge in [-0.15, -0.1) is 0 Å². The maximum Gasteiger partial charge on any atom is 0.173 e. The molecule has 1 aromatic carbocycles. The quantitative estimate of drug-likeness (QED) is 0.551. The molecule has 1 aromatic rings. The average molecular weight is 176 g/mol. The van der Waals surface area contributed by atoms with Crippen molar-refractivity contribution in [3.63, 3.8) is 0 Å². The highest BCUT2D eigenvalue weighted by Gasteiger charge is 2.01. The second-order valence-electron chi connectivity index (χ2n) is 2.25. The molecule has 0 amide bonds. The molecule has 1 rings (SSSR count). The van der Waals surface area contributed by atoms with E-state index in [9.17, 15) is 4.79 Å². The van der Waals surface area contributed by atoms with E-state index in [1.807, 2.05) is 0 Å². The number of ketones is 1. The molecule has 1 nitrogen and oxygen atoms in total. The van der Waals surface area contributed by atoms with E-state index >= 15 is 0 Å². The van der Waals surface area contributed by atoms with Crippen molar-refractivity contribution in [3.05, 3.63) is 42.0 Å². The first-order valence-corrected chi connectivity index (χ1v) is 4.11. The van der Waals surface area contributed by atoms with Gasteiger partial charge in [0.05, 0.1) is 5.75 Å². The van der Waals surface area contributed by atoms with Gasteiger partial charge in [-0.2, -0.15) is 12.6 Å². The number of thiol groups is 1. The summed E-state index contributed by atoms with van der Waals surface area (Å²) >= 11 is 3.89. The summed E-state index contributed by atoms with van der Waals surface area (Å²) in [6, 6.07) is 8.89. The van der Waals surface area contributed by atoms with Crippen LogP contribution in [-0.4, -0.2) is 11.5 Å². The Morgan fingerprint density at radius 1 is 1.75 bits per heavy atom. The molecule has 12 heavy (non-hydrogen) atoms. The van der Waals surface area contributed by atoms with Crippen LogP contribution in [0.2, 0.25) is 0 Å². The summed E-state index contributed by atoms with van der Waals surface area (Å²) in [7, 11) is 0. The van der Waals surface area contributed by atoms with E-state index in [-0.39, 0.29) is 11.5 Å². The minimum atomic E-state index is -0.00770. The standard InChI is InChI=1S/C10H8OS/c1-2-8-4-3-5-9(6-8)10(11)7-12/h2,5-6,12H,1,7H2. The van der Waals surface area contributed by atoms with Crippen molar-refractivity contribution < 1.29 is 4.79 Å². The SMILES string of the molecule is C=Cc1c#ccc(C(=O)CS)c1. The van der Waals surface area contributed by atoms with E-state index in [2.05, 4.69) is 31.3 Å². The second kappa shape index (κ2) is 3.99. The summed E-state index contributed by atoms with van der Waals surface area (Å²) in [6.45, 7) is 3.58. The lowest BCUT2D eigenvalue weighted by Crippen LogP contribution is -1.99. The lowest BCUT2D eigenvalue weighted by Gasteiger charge is -1.94. The molecule has 0 spiro atoms. The largest absolute Gasteiger partial charge is 0.293 e. The topological polar surface area (TPSA) is 17.1 Å². The second-order valence-corrected chi connectivity index (χ2v) is 2.57. The molecule has 0 saturated heterocycles. The van der Waals surface area contributed by atoms with Gasteiger partial charge in [-0.3, -0.25) is 4.79 Å². The van der Waals surface area contributed by atoms with E-state index in [4.69, 9.17) is 0 Å². The van der Waals surface area contributed by atoms with Gasteiger partial charge >= 0.3 is 0 Å². The van der Waals surface area contributed by atoms with Crippen molar-refractivity contribution in [2.24, 2.45) is 0 Å². The van der Waals surface area contributed by atoms with Crippen molar-refractivity contribution in [2.75, 3.05) is 5.75 Å². The zero-order valence-corrected chi connectivity index (χ0v) is 7.40. The first kappa shape index (κ1) is 8.89. The Morgan fingerprint density at radius 2 is 2.50 bits per heavy atom. The third kappa shape index (κ3) is 1.90. The van der Waals surface area contributed by atoms with Gasteiger partial charge in [0.1, 0.15) is 0 Å². The van der Waals surface area contributed by atoms with Crippen LogP contribution in [0.25, 0.3) is 6.08 Å². The molecule has 0 atom stereocenters. The maximum absolute atomic E-state index is 11.1. The van der Waals surface area contributed by atoms with Crippen molar-refractivity contribution >= 4 is 24.5 Å². The van der Waals surface area contributed by atoms with Crippen LogP contribution < -0.4 is 0 Å². The van der Waals surface area contributed by atoms with Crippen molar-refractivity contribution in [1.82, 2.24) is 0 Å². The Hall–Kier alpha value is -1.20. The van der Waals surface area contributed by atoms with Crippen LogP contribution in [0.5, 0.6) is 0 Å². The molecular formula is C10H8OS. The molecule has 0 fully saturated rings. The van der Waals surface area contributed by atoms with Gasteiger partial charge in [-0.05, 0) is 12.1 Å². The molecule has 0 aliphatic carbocycles. The Morgan fingerprint density at radius 3 is 3.08 bits per heavy atom. The minimum absolute atomic E-state index is 0.00770. The summed E-state index contributed by atoms with van der Waals surface area (Å²) in [6.07, 6.45) is 1.63. The molecule has 2 heteroatoms. The molecule has 0 heterocycles. The molecule has 0 aliphatic rings. The zero-order chi connectivity index (χ0) is 8.97. The number of carbonyl (C=O) groups excluding carboxylic acids is 1. The van der Waals surface area contributed by atoms with Gasteiger partial charge in [0.25, 0.3) is 0 Å². The average Bonchev–Trinajstić information content (AvgIpc) is 2.17. The molecule has 0 aliphatic heterocycles. The molecular weight excluding hydrogens is 168 g/mol. The molecule has 0 unspecified atom stereocenters. The van der Waals surface area contributed by atoms with E-state index < -0.39 is 0 Å². The smallest absolute Gasteiger partial charge is 0.173 e. The fourth-order valence-corrected chi connectivity index (χ4v) is 0.987. The van der Waals surface area contributed by atoms with Gasteiger partial charge in [-0.25, -0.2) is 0 Å². The highest BCUT2D eigenvalue weighted by molar-refractivity contribution is 7.81. The lowest BCUT2D eigenvalue weighted by atomic mass is 10.1. The lowest BCUT2D eigenvalue weighted by molar-refractivity contribution is 0.102. The third-order valence-corrected chi connectivity index (χ3v) is 1.73. The predicted molar refractivity (Wildman–Crippen MR) is 52.4 cm³/mol. The van der Waals surface area contributed by atoms with Crippen LogP contribution in [0, 0.1) is 12.1 Å². The van der Waals surface area contributed by atoms with Gasteiger partial charge in [0.15, 0.2) is 5.78 Å². The summed E-state index contributed by atoms with van der Waals surface area (Å²) in [5.41, 5.74) is 1.39. The van der Waals surface area contributed by atoms with Crippen LogP contribution >= 0.6 is 12.6 Å². The van der Waals surface area contributed by atoms with Gasteiger partial charge in [0, 0.05) is 11.1 Å². The van der Waals surface area contributed by atoms with Crippen LogP contribution in [0.1, 0.15) is 15.9 Å². The number of hydrogen-bond acceptors (Lipinski definition) is 2. The number of Topliss-reactive ketones (excluding diaryl/α,β-unsaturated/α-hetero) is 1. The van der Waals surface area contributed by atoms with E-state index in [1.165, 1.54) is 0 Å². The minimum Gasteiger partial charge on any atom is -0.293 e. The molecule has 0 saturated carbocycles. The van der Waals surface area contributed by atoms with Gasteiger partial charge < -0.3 is 0 Å². The Labute approximate surface area is 77.5 Å². The fraction of sp³-hybridized carbons (Fsp3) is 0.100. The van der Waals surface area contributed by atoms with Gasteiger partial charge in [0.2, 0.25) is 0 Å². The number of carbonyl (C=O) groups is 1. The molecule has 0 radical (unpaired) electrons. The van der Waals surface area contributed by atoms with Gasteiger partial charge in [-0.1, -0.05) is 24.8 Å². The summed E-state index contributed by atoms with van der Waals surface area (Å²) in [5.74, 6) is 0.209. The van der Waals surface area contributed by atoms with Crippen molar-refractivity contribution in [3.8, 4) is 0 Å². The highest BCUT2D eigenvalue weighted by Crippen LogP contribution is 2.03.